The van der Waals surface area contributed by atoms with Gasteiger partial charge in [0.25, 0.3) is 0 Å². The van der Waals surface area contributed by atoms with Crippen LogP contribution in [0.2, 0.25) is 5.02 Å². The average molecular weight is 373 g/mol. The summed E-state index contributed by atoms with van der Waals surface area (Å²) in [5, 5.41) is 0.624. The third-order valence-electron chi connectivity index (χ3n) is 3.14. The van der Waals surface area contributed by atoms with Crippen molar-refractivity contribution in [2.45, 2.75) is 25.8 Å². The molecule has 5 heteroatoms. The molecule has 0 aliphatic carbocycles. The summed E-state index contributed by atoms with van der Waals surface area (Å²) in [5.41, 5.74) is 6.91. The molecule has 2 nitrogen and oxygen atoms in total. The Labute approximate surface area is 137 Å². The molecule has 0 bridgehead atoms. The highest BCUT2D eigenvalue weighted by Gasteiger charge is 2.12. The van der Waals surface area contributed by atoms with Crippen LogP contribution in [0.3, 0.4) is 0 Å². The second-order valence-corrected chi connectivity index (χ2v) is 6.09. The van der Waals surface area contributed by atoms with Gasteiger partial charge in [0.15, 0.2) is 0 Å². The number of ether oxygens (including phenoxy) is 1. The van der Waals surface area contributed by atoms with Crippen LogP contribution in [0.1, 0.15) is 18.9 Å². The second-order valence-electron chi connectivity index (χ2n) is 4.80. The summed E-state index contributed by atoms with van der Waals surface area (Å²) in [7, 11) is 0. The zero-order valence-electron chi connectivity index (χ0n) is 11.6. The Kier molecular flexibility index (Phi) is 5.62. The van der Waals surface area contributed by atoms with Gasteiger partial charge in [0.2, 0.25) is 0 Å². The molecule has 2 aromatic rings. The van der Waals surface area contributed by atoms with Gasteiger partial charge < -0.3 is 10.5 Å². The van der Waals surface area contributed by atoms with Gasteiger partial charge in [-0.2, -0.15) is 0 Å². The van der Waals surface area contributed by atoms with E-state index in [2.05, 4.69) is 15.9 Å². The van der Waals surface area contributed by atoms with Crippen LogP contribution in [-0.2, 0) is 6.42 Å². The molecule has 1 atom stereocenters. The molecule has 1 unspecified atom stereocenters. The van der Waals surface area contributed by atoms with Gasteiger partial charge in [-0.15, -0.1) is 0 Å². The van der Waals surface area contributed by atoms with E-state index < -0.39 is 0 Å². The Balaban J connectivity index is 2.32. The van der Waals surface area contributed by atoms with Crippen molar-refractivity contribution < 1.29 is 9.13 Å². The fourth-order valence-electron chi connectivity index (χ4n) is 1.91. The number of benzene rings is 2. The van der Waals surface area contributed by atoms with Crippen LogP contribution in [0.5, 0.6) is 11.5 Å². The van der Waals surface area contributed by atoms with Gasteiger partial charge in [-0.3, -0.25) is 0 Å². The molecule has 0 aliphatic heterocycles. The Morgan fingerprint density at radius 1 is 1.24 bits per heavy atom. The minimum Gasteiger partial charge on any atom is -0.456 e. The molecule has 2 rings (SSSR count). The van der Waals surface area contributed by atoms with Gasteiger partial charge in [-0.25, -0.2) is 4.39 Å². The first-order valence-electron chi connectivity index (χ1n) is 6.66. The zero-order valence-corrected chi connectivity index (χ0v) is 13.9. The molecular formula is C16H16BrClFNO. The van der Waals surface area contributed by atoms with Gasteiger partial charge in [-0.05, 0) is 64.7 Å². The zero-order chi connectivity index (χ0) is 15.4. The number of rotatable bonds is 5. The molecule has 0 fully saturated rings. The van der Waals surface area contributed by atoms with Crippen molar-refractivity contribution in [3.05, 3.63) is 57.3 Å². The predicted molar refractivity (Wildman–Crippen MR) is 87.6 cm³/mol. The molecule has 2 N–H and O–H groups in total. The maximum atomic E-state index is 13.3. The third-order valence-corrected chi connectivity index (χ3v) is 4.03. The van der Waals surface area contributed by atoms with E-state index in [1.165, 1.54) is 12.1 Å². The molecule has 0 saturated heterocycles. The number of nitrogens with two attached hydrogens (primary N) is 1. The van der Waals surface area contributed by atoms with Gasteiger partial charge in [-0.1, -0.05) is 18.5 Å². The molecule has 0 amide bonds. The first-order chi connectivity index (χ1) is 9.99. The highest BCUT2D eigenvalue weighted by molar-refractivity contribution is 9.10. The minimum atomic E-state index is -0.353. The lowest BCUT2D eigenvalue weighted by Gasteiger charge is -2.15. The van der Waals surface area contributed by atoms with E-state index in [-0.39, 0.29) is 11.9 Å². The van der Waals surface area contributed by atoms with Gasteiger partial charge >= 0.3 is 0 Å². The van der Waals surface area contributed by atoms with E-state index in [9.17, 15) is 4.39 Å². The topological polar surface area (TPSA) is 35.2 Å². The third kappa shape index (κ3) is 4.43. The number of hydrogen-bond donors (Lipinski definition) is 1. The molecule has 0 radical (unpaired) electrons. The number of hydrogen-bond acceptors (Lipinski definition) is 2. The maximum Gasteiger partial charge on any atom is 0.144 e. The SMILES string of the molecule is CCC(N)Cc1cc(Cl)ccc1Oc1cc(F)ccc1Br. The lowest BCUT2D eigenvalue weighted by Crippen LogP contribution is -2.21. The fourth-order valence-corrected chi connectivity index (χ4v) is 2.43. The quantitative estimate of drug-likeness (QED) is 0.771. The molecule has 0 aliphatic rings. The fraction of sp³-hybridized carbons (Fsp3) is 0.250. The van der Waals surface area contributed by atoms with Crippen LogP contribution in [0.15, 0.2) is 40.9 Å². The Hall–Kier alpha value is -1.10. The van der Waals surface area contributed by atoms with Crippen molar-refractivity contribution in [2.75, 3.05) is 0 Å². The van der Waals surface area contributed by atoms with E-state index in [4.69, 9.17) is 22.1 Å². The van der Waals surface area contributed by atoms with E-state index in [0.717, 1.165) is 12.0 Å². The molecule has 0 saturated carbocycles. The van der Waals surface area contributed by atoms with Crippen molar-refractivity contribution in [2.24, 2.45) is 5.73 Å². The van der Waals surface area contributed by atoms with Crippen LogP contribution in [0.4, 0.5) is 4.39 Å². The lowest BCUT2D eigenvalue weighted by molar-refractivity contribution is 0.464. The van der Waals surface area contributed by atoms with Crippen molar-refractivity contribution in [3.8, 4) is 11.5 Å². The van der Waals surface area contributed by atoms with E-state index in [1.54, 1.807) is 18.2 Å². The maximum absolute atomic E-state index is 13.3. The van der Waals surface area contributed by atoms with Crippen molar-refractivity contribution in [3.63, 3.8) is 0 Å². The molecule has 2 aromatic carbocycles. The smallest absolute Gasteiger partial charge is 0.144 e. The Morgan fingerprint density at radius 3 is 2.71 bits per heavy atom. The molecule has 0 aromatic heterocycles. The van der Waals surface area contributed by atoms with Gasteiger partial charge in [0.05, 0.1) is 4.47 Å². The summed E-state index contributed by atoms with van der Waals surface area (Å²) < 4.78 is 19.8. The predicted octanol–water partition coefficient (Wildman–Crippen LogP) is 5.31. The molecular weight excluding hydrogens is 357 g/mol. The first kappa shape index (κ1) is 16.3. The lowest BCUT2D eigenvalue weighted by atomic mass is 10.0. The van der Waals surface area contributed by atoms with Crippen LogP contribution >= 0.6 is 27.5 Å². The summed E-state index contributed by atoms with van der Waals surface area (Å²) in [5.74, 6) is 0.701. The summed E-state index contributed by atoms with van der Waals surface area (Å²) >= 11 is 9.39. The largest absolute Gasteiger partial charge is 0.456 e. The summed E-state index contributed by atoms with van der Waals surface area (Å²) in [6.07, 6.45) is 1.51. The second kappa shape index (κ2) is 7.25. The Morgan fingerprint density at radius 2 is 2.00 bits per heavy atom. The van der Waals surface area contributed by atoms with Crippen LogP contribution in [0.25, 0.3) is 0 Å². The molecule has 112 valence electrons. The standard InChI is InChI=1S/C16H16BrClFNO/c1-2-13(20)8-10-7-11(18)3-6-15(10)21-16-9-12(19)4-5-14(16)17/h3-7,9,13H,2,8,20H2,1H3. The van der Waals surface area contributed by atoms with Gasteiger partial charge in [0, 0.05) is 17.1 Å². The van der Waals surface area contributed by atoms with Crippen LogP contribution in [-0.4, -0.2) is 6.04 Å². The van der Waals surface area contributed by atoms with Crippen molar-refractivity contribution in [1.82, 2.24) is 0 Å². The average Bonchev–Trinajstić information content (AvgIpc) is 2.45. The number of halogens is 3. The Bertz CT molecular complexity index is 636. The van der Waals surface area contributed by atoms with Crippen molar-refractivity contribution >= 4 is 27.5 Å². The van der Waals surface area contributed by atoms with E-state index in [0.29, 0.717) is 27.4 Å². The van der Waals surface area contributed by atoms with Crippen LogP contribution in [0, 0.1) is 5.82 Å². The monoisotopic (exact) mass is 371 g/mol. The summed E-state index contributed by atoms with van der Waals surface area (Å²) in [6.45, 7) is 2.03. The highest BCUT2D eigenvalue weighted by atomic mass is 79.9. The highest BCUT2D eigenvalue weighted by Crippen LogP contribution is 2.33. The molecule has 0 heterocycles. The minimum absolute atomic E-state index is 0.0294. The van der Waals surface area contributed by atoms with Crippen molar-refractivity contribution in [1.29, 1.82) is 0 Å². The summed E-state index contributed by atoms with van der Waals surface area (Å²) in [6, 6.07) is 9.69. The van der Waals surface area contributed by atoms with Gasteiger partial charge in [0.1, 0.15) is 17.3 Å². The van der Waals surface area contributed by atoms with E-state index in [1.807, 2.05) is 13.0 Å². The summed E-state index contributed by atoms with van der Waals surface area (Å²) in [4.78, 5) is 0. The molecule has 21 heavy (non-hydrogen) atoms. The normalized spacial score (nSPS) is 12.2. The van der Waals surface area contributed by atoms with Crippen LogP contribution < -0.4 is 10.5 Å². The first-order valence-corrected chi connectivity index (χ1v) is 7.83. The molecule has 0 spiro atoms. The van der Waals surface area contributed by atoms with E-state index >= 15 is 0 Å².